The van der Waals surface area contributed by atoms with Crippen molar-refractivity contribution >= 4 is 0 Å². The van der Waals surface area contributed by atoms with Gasteiger partial charge in [-0.05, 0) is 122 Å². The molecule has 6 nitrogen and oxygen atoms in total. The molecule has 0 bridgehead atoms. The molecule has 40 heavy (non-hydrogen) atoms. The first kappa shape index (κ1) is 28.5. The van der Waals surface area contributed by atoms with Crippen molar-refractivity contribution in [1.82, 2.24) is 5.32 Å². The number of fused-ring (bicyclic) bond motifs is 4. The average molecular weight is 560 g/mol. The minimum Gasteiger partial charge on any atom is -0.388 e. The second-order valence-corrected chi connectivity index (χ2v) is 17.3. The molecule has 6 heteroatoms. The average Bonchev–Trinajstić information content (AvgIpc) is 3.48. The van der Waals surface area contributed by atoms with Gasteiger partial charge in [0.15, 0.2) is 6.29 Å². The minimum absolute atomic E-state index is 0.103. The van der Waals surface area contributed by atoms with Crippen LogP contribution >= 0.6 is 0 Å². The SMILES string of the molecule is CC1CC([C@H](O)C(C)(C)O)OC2C[C@@]3(C)[C@@H]4CCC5C(C)(C)[C@@H](OC6CNCCO6)CC[C@@]56C[C@@]46CC[C@]3(C)C12. The first-order valence-corrected chi connectivity index (χ1v) is 16.7. The zero-order valence-corrected chi connectivity index (χ0v) is 26.3. The fourth-order valence-electron chi connectivity index (χ4n) is 13.0. The molecule has 0 aromatic rings. The molecule has 6 unspecified atom stereocenters. The molecule has 2 aliphatic heterocycles. The van der Waals surface area contributed by atoms with Crippen LogP contribution in [0.2, 0.25) is 0 Å². The topological polar surface area (TPSA) is 80.2 Å². The summed E-state index contributed by atoms with van der Waals surface area (Å²) in [6.07, 6.45) is 10.4. The van der Waals surface area contributed by atoms with E-state index in [0.717, 1.165) is 50.8 Å². The van der Waals surface area contributed by atoms with Gasteiger partial charge in [0.05, 0.1) is 30.5 Å². The Morgan fingerprint density at radius 2 is 1.70 bits per heavy atom. The molecule has 2 spiro atoms. The second-order valence-electron chi connectivity index (χ2n) is 17.3. The van der Waals surface area contributed by atoms with Crippen molar-refractivity contribution in [2.24, 2.45) is 50.7 Å². The lowest BCUT2D eigenvalue weighted by atomic mass is 9.41. The summed E-state index contributed by atoms with van der Waals surface area (Å²) in [6, 6.07) is 0. The number of hydrogen-bond donors (Lipinski definition) is 3. The third-order valence-electron chi connectivity index (χ3n) is 14.9. The predicted molar refractivity (Wildman–Crippen MR) is 154 cm³/mol. The molecule has 2 heterocycles. The van der Waals surface area contributed by atoms with Crippen LogP contribution in [-0.4, -0.2) is 66.2 Å². The summed E-state index contributed by atoms with van der Waals surface area (Å²) in [5.41, 5.74) is 0.519. The van der Waals surface area contributed by atoms with Crippen molar-refractivity contribution in [3.8, 4) is 0 Å². The van der Waals surface area contributed by atoms with Gasteiger partial charge in [-0.2, -0.15) is 0 Å². The van der Waals surface area contributed by atoms with Crippen LogP contribution in [0.25, 0.3) is 0 Å². The van der Waals surface area contributed by atoms with Gasteiger partial charge in [-0.15, -0.1) is 0 Å². The summed E-state index contributed by atoms with van der Waals surface area (Å²) >= 11 is 0. The Kier molecular flexibility index (Phi) is 6.35. The van der Waals surface area contributed by atoms with Gasteiger partial charge in [0.1, 0.15) is 6.10 Å². The van der Waals surface area contributed by atoms with Gasteiger partial charge >= 0.3 is 0 Å². The molecule has 0 aromatic heterocycles. The van der Waals surface area contributed by atoms with E-state index in [-0.39, 0.29) is 40.8 Å². The van der Waals surface area contributed by atoms with Crippen LogP contribution in [0, 0.1) is 50.7 Å². The number of nitrogens with one attached hydrogen (secondary N) is 1. The monoisotopic (exact) mass is 559 g/mol. The van der Waals surface area contributed by atoms with E-state index in [2.05, 4.69) is 39.9 Å². The quantitative estimate of drug-likeness (QED) is 0.434. The van der Waals surface area contributed by atoms with Gasteiger partial charge in [0, 0.05) is 13.1 Å². The zero-order chi connectivity index (χ0) is 28.5. The van der Waals surface area contributed by atoms with E-state index in [4.69, 9.17) is 14.2 Å². The third kappa shape index (κ3) is 3.62. The van der Waals surface area contributed by atoms with E-state index in [1.807, 2.05) is 0 Å². The Morgan fingerprint density at radius 3 is 2.40 bits per heavy atom. The Balaban J connectivity index is 1.14. The Hall–Kier alpha value is -0.240. The van der Waals surface area contributed by atoms with Crippen LogP contribution in [0.4, 0.5) is 0 Å². The van der Waals surface area contributed by atoms with Crippen LogP contribution in [0.15, 0.2) is 0 Å². The predicted octanol–water partition coefficient (Wildman–Crippen LogP) is 5.29. The van der Waals surface area contributed by atoms with Crippen molar-refractivity contribution in [1.29, 1.82) is 0 Å². The van der Waals surface area contributed by atoms with E-state index >= 15 is 0 Å². The number of morpholine rings is 1. The van der Waals surface area contributed by atoms with Crippen molar-refractivity contribution in [2.75, 3.05) is 19.7 Å². The van der Waals surface area contributed by atoms with Crippen molar-refractivity contribution in [2.45, 2.75) is 143 Å². The Bertz CT molecular complexity index is 1000. The molecule has 228 valence electrons. The summed E-state index contributed by atoms with van der Waals surface area (Å²) in [5, 5.41) is 25.0. The first-order valence-electron chi connectivity index (χ1n) is 16.7. The van der Waals surface area contributed by atoms with Crippen molar-refractivity contribution in [3.63, 3.8) is 0 Å². The van der Waals surface area contributed by atoms with Crippen LogP contribution in [0.1, 0.15) is 106 Å². The van der Waals surface area contributed by atoms with E-state index < -0.39 is 11.7 Å². The number of rotatable bonds is 4. The van der Waals surface area contributed by atoms with E-state index in [1.54, 1.807) is 13.8 Å². The van der Waals surface area contributed by atoms with Gasteiger partial charge in [0.2, 0.25) is 0 Å². The molecule has 0 radical (unpaired) electrons. The summed E-state index contributed by atoms with van der Waals surface area (Å²) in [4.78, 5) is 0. The summed E-state index contributed by atoms with van der Waals surface area (Å²) < 4.78 is 19.5. The van der Waals surface area contributed by atoms with Crippen LogP contribution in [0.5, 0.6) is 0 Å². The van der Waals surface area contributed by atoms with E-state index in [9.17, 15) is 10.2 Å². The van der Waals surface area contributed by atoms with Gasteiger partial charge in [0.25, 0.3) is 0 Å². The lowest BCUT2D eigenvalue weighted by Crippen LogP contribution is -2.59. The third-order valence-corrected chi connectivity index (χ3v) is 14.9. The molecule has 2 saturated heterocycles. The van der Waals surface area contributed by atoms with E-state index in [1.165, 1.54) is 38.5 Å². The number of aliphatic hydroxyl groups is 2. The molecule has 7 aliphatic rings. The molecular weight excluding hydrogens is 502 g/mol. The fourth-order valence-corrected chi connectivity index (χ4v) is 13.0. The van der Waals surface area contributed by atoms with E-state index in [0.29, 0.717) is 22.7 Å². The smallest absolute Gasteiger partial charge is 0.170 e. The Labute approximate surface area is 242 Å². The highest BCUT2D eigenvalue weighted by Crippen LogP contribution is 2.89. The van der Waals surface area contributed by atoms with Crippen molar-refractivity contribution in [3.05, 3.63) is 0 Å². The largest absolute Gasteiger partial charge is 0.388 e. The van der Waals surface area contributed by atoms with Crippen molar-refractivity contribution < 1.29 is 24.4 Å². The normalized spacial score (nSPS) is 55.7. The Morgan fingerprint density at radius 1 is 0.975 bits per heavy atom. The molecular formula is C34H57NO5. The van der Waals surface area contributed by atoms with Gasteiger partial charge in [-0.25, -0.2) is 0 Å². The minimum atomic E-state index is -1.14. The van der Waals surface area contributed by atoms with Gasteiger partial charge in [-0.3, -0.25) is 0 Å². The summed E-state index contributed by atoms with van der Waals surface area (Å²) in [5.74, 6) is 2.52. The summed E-state index contributed by atoms with van der Waals surface area (Å²) in [6.45, 7) is 18.6. The molecule has 5 saturated carbocycles. The van der Waals surface area contributed by atoms with Gasteiger partial charge in [-0.1, -0.05) is 34.6 Å². The number of ether oxygens (including phenoxy) is 3. The maximum absolute atomic E-state index is 11.0. The number of aliphatic hydroxyl groups excluding tert-OH is 1. The standard InChI is InChI=1S/C34H57NO5/c1-20-16-21(28(36)30(4,5)37)39-22-17-32(7)24-9-8-23-29(2,3)25(40-26-18-35-14-15-38-26)10-11-33(23)19-34(24,33)13-12-31(32,6)27(20)22/h20-28,35-37H,8-19H2,1-7H3/t20?,21?,22?,23?,24-,25-,26?,27?,28-,31+,32-,33+,34-/m0/s1. The highest BCUT2D eigenvalue weighted by atomic mass is 16.7. The zero-order valence-electron chi connectivity index (χ0n) is 26.3. The maximum atomic E-state index is 11.0. The molecule has 3 N–H and O–H groups in total. The molecule has 7 fully saturated rings. The highest BCUT2D eigenvalue weighted by molar-refractivity contribution is 5.31. The first-order chi connectivity index (χ1) is 18.7. The second kappa shape index (κ2) is 8.91. The molecule has 13 atom stereocenters. The molecule has 7 rings (SSSR count). The highest BCUT2D eigenvalue weighted by Gasteiger charge is 2.83. The fraction of sp³-hybridized carbons (Fsp3) is 1.00. The molecule has 0 amide bonds. The molecule has 0 aromatic carbocycles. The van der Waals surface area contributed by atoms with Crippen LogP contribution in [0.3, 0.4) is 0 Å². The maximum Gasteiger partial charge on any atom is 0.170 e. The lowest BCUT2D eigenvalue weighted by Gasteiger charge is -2.63. The van der Waals surface area contributed by atoms with Crippen LogP contribution < -0.4 is 5.32 Å². The molecule has 5 aliphatic carbocycles. The summed E-state index contributed by atoms with van der Waals surface area (Å²) in [7, 11) is 0. The lowest BCUT2D eigenvalue weighted by molar-refractivity contribution is -0.235. The van der Waals surface area contributed by atoms with Gasteiger partial charge < -0.3 is 29.7 Å². The number of hydrogen-bond acceptors (Lipinski definition) is 6. The van der Waals surface area contributed by atoms with Crippen LogP contribution in [-0.2, 0) is 14.2 Å².